The number of nitrogens with zero attached hydrogens (tertiary/aromatic N) is 4. The van der Waals surface area contributed by atoms with E-state index in [1.165, 1.54) is 11.8 Å². The Bertz CT molecular complexity index is 1130. The Balaban J connectivity index is 1.46. The van der Waals surface area contributed by atoms with Crippen molar-refractivity contribution in [2.45, 2.75) is 11.7 Å². The molecule has 0 bridgehead atoms. The van der Waals surface area contributed by atoms with Gasteiger partial charge in [-0.25, -0.2) is 0 Å². The average molecular weight is 432 g/mol. The molecule has 0 saturated heterocycles. The lowest BCUT2D eigenvalue weighted by Gasteiger charge is -2.10. The highest BCUT2D eigenvalue weighted by Gasteiger charge is 2.17. The lowest BCUT2D eigenvalue weighted by atomic mass is 10.2. The van der Waals surface area contributed by atoms with E-state index >= 15 is 0 Å². The van der Waals surface area contributed by atoms with Gasteiger partial charge in [0.15, 0.2) is 11.0 Å². The van der Waals surface area contributed by atoms with Gasteiger partial charge in [-0.2, -0.15) is 0 Å². The molecule has 0 aliphatic carbocycles. The summed E-state index contributed by atoms with van der Waals surface area (Å²) in [4.78, 5) is 16.6. The van der Waals surface area contributed by atoms with E-state index in [0.29, 0.717) is 17.5 Å². The fourth-order valence-corrected chi connectivity index (χ4v) is 3.76. The van der Waals surface area contributed by atoms with Crippen molar-refractivity contribution in [3.63, 3.8) is 0 Å². The van der Waals surface area contributed by atoms with Gasteiger partial charge in [0.1, 0.15) is 5.75 Å². The fraction of sp³-hybridized carbons (Fsp3) is 0.130. The van der Waals surface area contributed by atoms with Gasteiger partial charge in [0, 0.05) is 30.2 Å². The molecule has 2 aromatic carbocycles. The quantitative estimate of drug-likeness (QED) is 0.428. The second-order valence-electron chi connectivity index (χ2n) is 6.63. The highest BCUT2D eigenvalue weighted by molar-refractivity contribution is 7.99. The Kier molecular flexibility index (Phi) is 6.59. The highest BCUT2D eigenvalue weighted by Crippen LogP contribution is 2.27. The van der Waals surface area contributed by atoms with Crippen molar-refractivity contribution < 1.29 is 9.53 Å². The molecule has 0 radical (unpaired) electrons. The van der Waals surface area contributed by atoms with E-state index in [2.05, 4.69) is 20.5 Å². The predicted molar refractivity (Wildman–Crippen MR) is 120 cm³/mol. The Morgan fingerprint density at radius 1 is 1.03 bits per heavy atom. The van der Waals surface area contributed by atoms with Crippen LogP contribution in [0.15, 0.2) is 84.3 Å². The average Bonchev–Trinajstić information content (AvgIpc) is 3.27. The number of hydrogen-bond acceptors (Lipinski definition) is 6. The molecule has 0 fully saturated rings. The van der Waals surface area contributed by atoms with Gasteiger partial charge in [-0.3, -0.25) is 14.3 Å². The number of ether oxygens (including phenoxy) is 1. The van der Waals surface area contributed by atoms with Gasteiger partial charge in [-0.15, -0.1) is 10.2 Å². The zero-order chi connectivity index (χ0) is 21.5. The smallest absolute Gasteiger partial charge is 0.230 e. The summed E-state index contributed by atoms with van der Waals surface area (Å²) in [6.07, 6.45) is 3.47. The topological polar surface area (TPSA) is 81.9 Å². The summed E-state index contributed by atoms with van der Waals surface area (Å²) in [7, 11) is 1.63. The number of rotatable bonds is 8. The van der Waals surface area contributed by atoms with Crippen molar-refractivity contribution in [1.82, 2.24) is 25.1 Å². The number of thioether (sulfide) groups is 1. The minimum absolute atomic E-state index is 0.0774. The number of methoxy groups -OCH3 is 1. The third-order valence-electron chi connectivity index (χ3n) is 4.55. The van der Waals surface area contributed by atoms with Crippen LogP contribution in [-0.2, 0) is 11.3 Å². The molecule has 2 heterocycles. The number of amides is 1. The van der Waals surface area contributed by atoms with Crippen molar-refractivity contribution in [3.8, 4) is 22.8 Å². The van der Waals surface area contributed by atoms with Crippen molar-refractivity contribution in [2.75, 3.05) is 12.9 Å². The van der Waals surface area contributed by atoms with Crippen LogP contribution < -0.4 is 10.1 Å². The first-order valence-corrected chi connectivity index (χ1v) is 10.7. The summed E-state index contributed by atoms with van der Waals surface area (Å²) in [5.41, 5.74) is 2.78. The third-order valence-corrected chi connectivity index (χ3v) is 5.48. The number of benzene rings is 2. The Labute approximate surface area is 184 Å². The molecule has 4 aromatic rings. The molecule has 1 N–H and O–H groups in total. The van der Waals surface area contributed by atoms with Gasteiger partial charge in [0.05, 0.1) is 12.9 Å². The second-order valence-corrected chi connectivity index (χ2v) is 7.57. The van der Waals surface area contributed by atoms with E-state index in [0.717, 1.165) is 22.6 Å². The summed E-state index contributed by atoms with van der Waals surface area (Å²) >= 11 is 1.34. The maximum Gasteiger partial charge on any atom is 0.230 e. The Morgan fingerprint density at radius 3 is 2.55 bits per heavy atom. The molecule has 0 unspecified atom stereocenters. The van der Waals surface area contributed by atoms with Crippen LogP contribution >= 0.6 is 11.8 Å². The van der Waals surface area contributed by atoms with Crippen LogP contribution in [-0.4, -0.2) is 38.5 Å². The van der Waals surface area contributed by atoms with E-state index < -0.39 is 0 Å². The van der Waals surface area contributed by atoms with E-state index in [1.54, 1.807) is 19.5 Å². The molecule has 8 heteroatoms. The van der Waals surface area contributed by atoms with Gasteiger partial charge in [0.25, 0.3) is 0 Å². The second kappa shape index (κ2) is 9.90. The number of pyridine rings is 1. The normalized spacial score (nSPS) is 10.6. The number of nitrogens with one attached hydrogen (secondary N) is 1. The van der Waals surface area contributed by atoms with Gasteiger partial charge in [0.2, 0.25) is 5.91 Å². The summed E-state index contributed by atoms with van der Waals surface area (Å²) in [5.74, 6) is 1.62. The van der Waals surface area contributed by atoms with E-state index in [4.69, 9.17) is 4.74 Å². The SMILES string of the molecule is COc1ccc(CNC(=O)CSc2nnc(-c3cccnc3)n2-c2ccccc2)cc1. The largest absolute Gasteiger partial charge is 0.497 e. The molecule has 0 spiro atoms. The predicted octanol–water partition coefficient (Wildman–Crippen LogP) is 3.75. The van der Waals surface area contributed by atoms with E-state index in [-0.39, 0.29) is 11.7 Å². The van der Waals surface area contributed by atoms with Crippen LogP contribution in [0.4, 0.5) is 0 Å². The van der Waals surface area contributed by atoms with Crippen LogP contribution in [0.2, 0.25) is 0 Å². The number of carbonyl (C=O) groups is 1. The van der Waals surface area contributed by atoms with Crippen molar-refractivity contribution in [2.24, 2.45) is 0 Å². The minimum Gasteiger partial charge on any atom is -0.497 e. The molecule has 2 aromatic heterocycles. The standard InChI is InChI=1S/C23H21N5O2S/c1-30-20-11-9-17(10-12-20)14-25-21(29)16-31-23-27-26-22(18-6-5-13-24-15-18)28(23)19-7-3-2-4-8-19/h2-13,15H,14,16H2,1H3,(H,25,29). The van der Waals surface area contributed by atoms with Crippen molar-refractivity contribution >= 4 is 17.7 Å². The zero-order valence-electron chi connectivity index (χ0n) is 16.9. The summed E-state index contributed by atoms with van der Waals surface area (Å²) < 4.78 is 7.10. The number of hydrogen-bond donors (Lipinski definition) is 1. The number of carbonyl (C=O) groups excluding carboxylic acids is 1. The first-order valence-electron chi connectivity index (χ1n) is 9.68. The number of para-hydroxylation sites is 1. The summed E-state index contributed by atoms with van der Waals surface area (Å²) in [6, 6.07) is 21.2. The monoisotopic (exact) mass is 431 g/mol. The maximum atomic E-state index is 12.4. The van der Waals surface area contributed by atoms with Crippen molar-refractivity contribution in [1.29, 1.82) is 0 Å². The molecule has 31 heavy (non-hydrogen) atoms. The van der Waals surface area contributed by atoms with Crippen LogP contribution in [0.1, 0.15) is 5.56 Å². The van der Waals surface area contributed by atoms with E-state index in [9.17, 15) is 4.79 Å². The number of aromatic nitrogens is 4. The fourth-order valence-electron chi connectivity index (χ4n) is 2.98. The molecular weight excluding hydrogens is 410 g/mol. The molecule has 0 saturated carbocycles. The van der Waals surface area contributed by atoms with Crippen LogP contribution in [0.3, 0.4) is 0 Å². The van der Waals surface area contributed by atoms with Gasteiger partial charge < -0.3 is 10.1 Å². The summed E-state index contributed by atoms with van der Waals surface area (Å²) in [5, 5.41) is 12.3. The molecule has 0 aliphatic rings. The molecule has 0 atom stereocenters. The molecule has 4 rings (SSSR count). The zero-order valence-corrected chi connectivity index (χ0v) is 17.7. The molecule has 7 nitrogen and oxygen atoms in total. The van der Waals surface area contributed by atoms with Crippen LogP contribution in [0.5, 0.6) is 5.75 Å². The molecule has 1 amide bonds. The summed E-state index contributed by atoms with van der Waals surface area (Å²) in [6.45, 7) is 0.454. The van der Waals surface area contributed by atoms with Gasteiger partial charge >= 0.3 is 0 Å². The van der Waals surface area contributed by atoms with Gasteiger partial charge in [-0.05, 0) is 42.0 Å². The Morgan fingerprint density at radius 2 is 1.84 bits per heavy atom. The van der Waals surface area contributed by atoms with Crippen LogP contribution in [0, 0.1) is 0 Å². The van der Waals surface area contributed by atoms with E-state index in [1.807, 2.05) is 71.3 Å². The molecule has 0 aliphatic heterocycles. The Hall–Kier alpha value is -3.65. The first kappa shape index (κ1) is 20.6. The maximum absolute atomic E-state index is 12.4. The van der Waals surface area contributed by atoms with Gasteiger partial charge in [-0.1, -0.05) is 42.1 Å². The van der Waals surface area contributed by atoms with Crippen LogP contribution in [0.25, 0.3) is 17.1 Å². The minimum atomic E-state index is -0.0774. The first-order chi connectivity index (χ1) is 15.2. The lowest BCUT2D eigenvalue weighted by Crippen LogP contribution is -2.24. The third kappa shape index (κ3) is 5.10. The molecular formula is C23H21N5O2S. The lowest BCUT2D eigenvalue weighted by molar-refractivity contribution is -0.118. The highest BCUT2D eigenvalue weighted by atomic mass is 32.2. The molecule has 156 valence electrons. The van der Waals surface area contributed by atoms with Crippen molar-refractivity contribution in [3.05, 3.63) is 84.7 Å².